The predicted octanol–water partition coefficient (Wildman–Crippen LogP) is 1.86. The molecule has 0 saturated carbocycles. The Bertz CT molecular complexity index is 776. The minimum absolute atomic E-state index is 0.218. The van der Waals surface area contributed by atoms with Crippen LogP contribution in [-0.2, 0) is 21.4 Å². The molecule has 0 bridgehead atoms. The third kappa shape index (κ3) is 4.54. The molecule has 2 aromatic rings. The Hall–Kier alpha value is -2.38. The summed E-state index contributed by atoms with van der Waals surface area (Å²) in [6.07, 6.45) is 4.48. The van der Waals surface area contributed by atoms with Crippen molar-refractivity contribution in [2.75, 3.05) is 14.1 Å². The van der Waals surface area contributed by atoms with E-state index in [2.05, 4.69) is 5.32 Å². The second-order valence-corrected chi connectivity index (χ2v) is 7.15. The summed E-state index contributed by atoms with van der Waals surface area (Å²) in [5.41, 5.74) is 0.808. The maximum atomic E-state index is 11.9. The molecule has 0 aliphatic carbocycles. The van der Waals surface area contributed by atoms with Gasteiger partial charge in [-0.25, -0.2) is 12.7 Å². The van der Waals surface area contributed by atoms with Crippen molar-refractivity contribution in [1.82, 2.24) is 9.62 Å². The van der Waals surface area contributed by atoms with E-state index in [0.717, 1.165) is 9.87 Å². The molecule has 0 saturated heterocycles. The van der Waals surface area contributed by atoms with Crippen molar-refractivity contribution >= 4 is 22.0 Å². The van der Waals surface area contributed by atoms with Crippen LogP contribution in [0.15, 0.2) is 58.1 Å². The molecular formula is C16H18N2O4S. The van der Waals surface area contributed by atoms with Gasteiger partial charge in [-0.2, -0.15) is 0 Å². The summed E-state index contributed by atoms with van der Waals surface area (Å²) >= 11 is 0. The molecule has 0 atom stereocenters. The molecule has 0 radical (unpaired) electrons. The maximum Gasteiger partial charge on any atom is 0.244 e. The van der Waals surface area contributed by atoms with E-state index < -0.39 is 10.0 Å². The zero-order chi connectivity index (χ0) is 16.9. The molecule has 0 aliphatic heterocycles. The molecule has 0 aliphatic rings. The first-order chi connectivity index (χ1) is 10.9. The number of sulfonamides is 1. The van der Waals surface area contributed by atoms with Gasteiger partial charge < -0.3 is 9.73 Å². The minimum atomic E-state index is -3.43. The zero-order valence-corrected chi connectivity index (χ0v) is 13.7. The number of nitrogens with zero attached hydrogens (tertiary/aromatic N) is 1. The maximum absolute atomic E-state index is 11.9. The molecule has 0 spiro atoms. The second-order valence-electron chi connectivity index (χ2n) is 5.00. The Balaban J connectivity index is 1.93. The second kappa shape index (κ2) is 7.26. The molecule has 1 aromatic heterocycles. The molecule has 6 nitrogen and oxygen atoms in total. The Morgan fingerprint density at radius 3 is 2.48 bits per heavy atom. The fraction of sp³-hybridized carbons (Fsp3) is 0.188. The molecular weight excluding hydrogens is 316 g/mol. The van der Waals surface area contributed by atoms with E-state index in [1.807, 2.05) is 0 Å². The van der Waals surface area contributed by atoms with E-state index in [-0.39, 0.29) is 10.8 Å². The Labute approximate surface area is 135 Å². The number of furan rings is 1. The average molecular weight is 334 g/mol. The van der Waals surface area contributed by atoms with Crippen LogP contribution in [0.2, 0.25) is 0 Å². The molecule has 1 amide bonds. The first-order valence-corrected chi connectivity index (χ1v) is 8.34. The van der Waals surface area contributed by atoms with Crippen molar-refractivity contribution in [3.05, 3.63) is 60.1 Å². The molecule has 1 aromatic carbocycles. The van der Waals surface area contributed by atoms with E-state index in [1.165, 1.54) is 38.6 Å². The third-order valence-corrected chi connectivity index (χ3v) is 4.94. The van der Waals surface area contributed by atoms with Gasteiger partial charge in [0.1, 0.15) is 5.76 Å². The Morgan fingerprint density at radius 1 is 1.22 bits per heavy atom. The largest absolute Gasteiger partial charge is 0.465 e. The lowest BCUT2D eigenvalue weighted by Crippen LogP contribution is -2.22. The highest BCUT2D eigenvalue weighted by Gasteiger charge is 2.16. The van der Waals surface area contributed by atoms with Crippen LogP contribution in [0.4, 0.5) is 0 Å². The van der Waals surface area contributed by atoms with Gasteiger partial charge in [0.2, 0.25) is 15.9 Å². The fourth-order valence-electron chi connectivity index (χ4n) is 1.78. The number of carbonyl (C=O) groups is 1. The molecule has 122 valence electrons. The van der Waals surface area contributed by atoms with Gasteiger partial charge in [-0.15, -0.1) is 0 Å². The molecule has 0 fully saturated rings. The van der Waals surface area contributed by atoms with Gasteiger partial charge in [-0.1, -0.05) is 12.1 Å². The number of carbonyl (C=O) groups excluding carboxylic acids is 1. The SMILES string of the molecule is CN(C)S(=O)(=O)c1ccc(CNC(=O)/C=C/c2ccco2)cc1. The highest BCUT2D eigenvalue weighted by Crippen LogP contribution is 2.13. The van der Waals surface area contributed by atoms with Crippen molar-refractivity contribution < 1.29 is 17.6 Å². The number of hydrogen-bond donors (Lipinski definition) is 1. The van der Waals surface area contributed by atoms with Crippen LogP contribution < -0.4 is 5.32 Å². The minimum Gasteiger partial charge on any atom is -0.465 e. The fourth-order valence-corrected chi connectivity index (χ4v) is 2.68. The molecule has 23 heavy (non-hydrogen) atoms. The summed E-state index contributed by atoms with van der Waals surface area (Å²) in [6, 6.07) is 9.87. The topological polar surface area (TPSA) is 79.6 Å². The van der Waals surface area contributed by atoms with Gasteiger partial charge in [0.15, 0.2) is 0 Å². The normalized spacial score (nSPS) is 12.0. The lowest BCUT2D eigenvalue weighted by atomic mass is 10.2. The standard InChI is InChI=1S/C16H18N2O4S/c1-18(2)23(20,21)15-8-5-13(6-9-15)12-17-16(19)10-7-14-4-3-11-22-14/h3-11H,12H2,1-2H3,(H,17,19)/b10-7+. The summed E-state index contributed by atoms with van der Waals surface area (Å²) in [7, 11) is -0.472. The van der Waals surface area contributed by atoms with Crippen LogP contribution in [0.3, 0.4) is 0 Å². The summed E-state index contributed by atoms with van der Waals surface area (Å²) in [5.74, 6) is 0.338. The number of amides is 1. The Kier molecular flexibility index (Phi) is 5.36. The summed E-state index contributed by atoms with van der Waals surface area (Å²) in [6.45, 7) is 0.309. The highest BCUT2D eigenvalue weighted by atomic mass is 32.2. The van der Waals surface area contributed by atoms with Gasteiger partial charge in [0.25, 0.3) is 0 Å². The number of rotatable bonds is 6. The molecule has 1 heterocycles. The van der Waals surface area contributed by atoms with Crippen LogP contribution in [0.5, 0.6) is 0 Å². The van der Waals surface area contributed by atoms with Crippen molar-refractivity contribution in [2.45, 2.75) is 11.4 Å². The van der Waals surface area contributed by atoms with E-state index in [0.29, 0.717) is 12.3 Å². The highest BCUT2D eigenvalue weighted by molar-refractivity contribution is 7.89. The van der Waals surface area contributed by atoms with Gasteiger partial charge in [-0.3, -0.25) is 4.79 Å². The van der Waals surface area contributed by atoms with Crippen LogP contribution >= 0.6 is 0 Å². The monoisotopic (exact) mass is 334 g/mol. The van der Waals surface area contributed by atoms with Gasteiger partial charge in [0, 0.05) is 26.7 Å². The quantitative estimate of drug-likeness (QED) is 0.818. The third-order valence-electron chi connectivity index (χ3n) is 3.11. The van der Waals surface area contributed by atoms with Crippen molar-refractivity contribution in [3.8, 4) is 0 Å². The summed E-state index contributed by atoms with van der Waals surface area (Å²) in [4.78, 5) is 11.9. The van der Waals surface area contributed by atoms with Crippen molar-refractivity contribution in [2.24, 2.45) is 0 Å². The average Bonchev–Trinajstić information content (AvgIpc) is 3.04. The number of benzene rings is 1. The van der Waals surface area contributed by atoms with Crippen LogP contribution in [-0.4, -0.2) is 32.7 Å². The summed E-state index contributed by atoms with van der Waals surface area (Å²) in [5, 5.41) is 2.72. The lowest BCUT2D eigenvalue weighted by Gasteiger charge is -2.11. The van der Waals surface area contributed by atoms with Gasteiger partial charge in [-0.05, 0) is 35.9 Å². The first-order valence-electron chi connectivity index (χ1n) is 6.90. The van der Waals surface area contributed by atoms with Crippen molar-refractivity contribution in [1.29, 1.82) is 0 Å². The van der Waals surface area contributed by atoms with E-state index in [9.17, 15) is 13.2 Å². The van der Waals surface area contributed by atoms with Crippen LogP contribution in [0.25, 0.3) is 6.08 Å². The summed E-state index contributed by atoms with van der Waals surface area (Å²) < 4.78 is 30.1. The molecule has 1 N–H and O–H groups in total. The molecule has 0 unspecified atom stereocenters. The number of hydrogen-bond acceptors (Lipinski definition) is 4. The first kappa shape index (κ1) is 17.0. The lowest BCUT2D eigenvalue weighted by molar-refractivity contribution is -0.116. The van der Waals surface area contributed by atoms with Gasteiger partial charge in [0.05, 0.1) is 11.2 Å². The smallest absolute Gasteiger partial charge is 0.244 e. The van der Waals surface area contributed by atoms with E-state index in [1.54, 1.807) is 30.3 Å². The molecule has 7 heteroatoms. The Morgan fingerprint density at radius 2 is 1.91 bits per heavy atom. The predicted molar refractivity (Wildman–Crippen MR) is 86.9 cm³/mol. The van der Waals surface area contributed by atoms with Gasteiger partial charge >= 0.3 is 0 Å². The van der Waals surface area contributed by atoms with Crippen LogP contribution in [0.1, 0.15) is 11.3 Å². The van der Waals surface area contributed by atoms with E-state index >= 15 is 0 Å². The zero-order valence-electron chi connectivity index (χ0n) is 12.9. The van der Waals surface area contributed by atoms with Crippen molar-refractivity contribution in [3.63, 3.8) is 0 Å². The number of nitrogens with one attached hydrogen (secondary N) is 1. The van der Waals surface area contributed by atoms with E-state index in [4.69, 9.17) is 4.42 Å². The molecule has 2 rings (SSSR count). The van der Waals surface area contributed by atoms with Crippen LogP contribution in [0, 0.1) is 0 Å².